The quantitative estimate of drug-likeness (QED) is 0.577. The van der Waals surface area contributed by atoms with E-state index in [1.165, 1.54) is 4.68 Å². The summed E-state index contributed by atoms with van der Waals surface area (Å²) in [5, 5.41) is 11.3. The van der Waals surface area contributed by atoms with E-state index in [0.29, 0.717) is 16.5 Å². The number of carbonyl (C=O) groups excluding carboxylic acids is 1. The number of carbonyl (C=O) groups is 1. The molecule has 0 fully saturated rings. The normalized spacial score (nSPS) is 11.9. The first-order valence-corrected chi connectivity index (χ1v) is 8.77. The van der Waals surface area contributed by atoms with Crippen LogP contribution in [0.1, 0.15) is 42.2 Å². The van der Waals surface area contributed by atoms with Gasteiger partial charge in [0.2, 0.25) is 0 Å². The highest BCUT2D eigenvalue weighted by molar-refractivity contribution is 7.12. The van der Waals surface area contributed by atoms with Gasteiger partial charge >= 0.3 is 0 Å². The number of hydrogen-bond donors (Lipinski definition) is 1. The molecular formula is C18H18N4O2S. The second-order valence-electron chi connectivity index (χ2n) is 5.85. The minimum Gasteiger partial charge on any atom is -0.267 e. The maximum Gasteiger partial charge on any atom is 0.292 e. The lowest BCUT2D eigenvalue weighted by atomic mass is 10.1. The number of nitrogens with zero attached hydrogens (tertiary/aromatic N) is 3. The van der Waals surface area contributed by atoms with Gasteiger partial charge in [-0.1, -0.05) is 24.3 Å². The highest BCUT2D eigenvalue weighted by atomic mass is 32.1. The third-order valence-corrected chi connectivity index (χ3v) is 4.71. The van der Waals surface area contributed by atoms with E-state index in [0.717, 1.165) is 4.88 Å². The molecule has 0 radical (unpaired) electrons. The lowest BCUT2D eigenvalue weighted by molar-refractivity contribution is 0.0949. The molecule has 0 saturated carbocycles. The number of hydrogen-bond acceptors (Lipinski definition) is 5. The standard InChI is InChI=1S/C18H18N4O2S/c1-11(2)22-18(24)14-8-5-4-7-13(14)16(21-22)17(23)20-19-12(3)15-9-6-10-25-15/h4-11H,1-3H3,(H,20,23)/b19-12-. The highest BCUT2D eigenvalue weighted by Crippen LogP contribution is 2.15. The topological polar surface area (TPSA) is 76.3 Å². The zero-order valence-electron chi connectivity index (χ0n) is 14.2. The fourth-order valence-electron chi connectivity index (χ4n) is 2.45. The fourth-order valence-corrected chi connectivity index (χ4v) is 3.13. The summed E-state index contributed by atoms with van der Waals surface area (Å²) in [7, 11) is 0. The number of fused-ring (bicyclic) bond motifs is 1. The van der Waals surface area contributed by atoms with Crippen LogP contribution < -0.4 is 11.0 Å². The van der Waals surface area contributed by atoms with E-state index >= 15 is 0 Å². The molecule has 2 aromatic heterocycles. The molecule has 1 amide bonds. The Kier molecular flexibility index (Phi) is 4.76. The Labute approximate surface area is 148 Å². The molecular weight excluding hydrogens is 336 g/mol. The third-order valence-electron chi connectivity index (χ3n) is 3.74. The van der Waals surface area contributed by atoms with E-state index in [-0.39, 0.29) is 17.3 Å². The van der Waals surface area contributed by atoms with Gasteiger partial charge in [0.15, 0.2) is 5.69 Å². The van der Waals surface area contributed by atoms with Gasteiger partial charge in [-0.25, -0.2) is 10.1 Å². The molecule has 0 aliphatic rings. The zero-order valence-corrected chi connectivity index (χ0v) is 15.0. The summed E-state index contributed by atoms with van der Waals surface area (Å²) in [6.07, 6.45) is 0. The van der Waals surface area contributed by atoms with Gasteiger partial charge in [-0.15, -0.1) is 11.3 Å². The van der Waals surface area contributed by atoms with Crippen molar-refractivity contribution in [2.45, 2.75) is 26.8 Å². The van der Waals surface area contributed by atoms with Gasteiger partial charge in [-0.3, -0.25) is 9.59 Å². The number of hydrazone groups is 1. The molecule has 3 aromatic rings. The van der Waals surface area contributed by atoms with Crippen LogP contribution >= 0.6 is 11.3 Å². The molecule has 0 aliphatic carbocycles. The van der Waals surface area contributed by atoms with E-state index in [1.807, 2.05) is 38.3 Å². The number of rotatable bonds is 4. The molecule has 0 bridgehead atoms. The number of thiophene rings is 1. The molecule has 0 atom stereocenters. The monoisotopic (exact) mass is 354 g/mol. The Balaban J connectivity index is 2.03. The number of nitrogens with one attached hydrogen (secondary N) is 1. The van der Waals surface area contributed by atoms with Crippen LogP contribution in [0.2, 0.25) is 0 Å². The summed E-state index contributed by atoms with van der Waals surface area (Å²) in [6.45, 7) is 5.53. The van der Waals surface area contributed by atoms with Gasteiger partial charge in [0, 0.05) is 10.3 Å². The van der Waals surface area contributed by atoms with Crippen LogP contribution in [0.4, 0.5) is 0 Å². The largest absolute Gasteiger partial charge is 0.292 e. The first kappa shape index (κ1) is 17.0. The molecule has 0 aliphatic heterocycles. The molecule has 128 valence electrons. The maximum absolute atomic E-state index is 12.6. The maximum atomic E-state index is 12.6. The Hall–Kier alpha value is -2.80. The predicted molar refractivity (Wildman–Crippen MR) is 100 cm³/mol. The lowest BCUT2D eigenvalue weighted by Crippen LogP contribution is -2.30. The minimum absolute atomic E-state index is 0.153. The van der Waals surface area contributed by atoms with Crippen molar-refractivity contribution in [3.05, 3.63) is 62.7 Å². The van der Waals surface area contributed by atoms with Crippen LogP contribution in [-0.2, 0) is 0 Å². The molecule has 1 N–H and O–H groups in total. The minimum atomic E-state index is -0.443. The average molecular weight is 354 g/mol. The Bertz CT molecular complexity index is 1000. The summed E-state index contributed by atoms with van der Waals surface area (Å²) in [6, 6.07) is 10.7. The third kappa shape index (κ3) is 3.36. The van der Waals surface area contributed by atoms with E-state index in [2.05, 4.69) is 15.6 Å². The van der Waals surface area contributed by atoms with Crippen molar-refractivity contribution < 1.29 is 4.79 Å². The highest BCUT2D eigenvalue weighted by Gasteiger charge is 2.17. The molecule has 0 saturated heterocycles. The van der Waals surface area contributed by atoms with Crippen molar-refractivity contribution in [1.29, 1.82) is 0 Å². The van der Waals surface area contributed by atoms with E-state index in [4.69, 9.17) is 0 Å². The molecule has 7 heteroatoms. The Morgan fingerprint density at radius 1 is 1.20 bits per heavy atom. The number of amides is 1. The summed E-state index contributed by atoms with van der Waals surface area (Å²) < 4.78 is 1.33. The number of benzene rings is 1. The van der Waals surface area contributed by atoms with Gasteiger partial charge in [0.1, 0.15) is 0 Å². The second-order valence-corrected chi connectivity index (χ2v) is 6.80. The van der Waals surface area contributed by atoms with Crippen LogP contribution in [0.15, 0.2) is 51.7 Å². The summed E-state index contributed by atoms with van der Waals surface area (Å²) in [4.78, 5) is 26.1. The van der Waals surface area contributed by atoms with Crippen molar-refractivity contribution in [1.82, 2.24) is 15.2 Å². The van der Waals surface area contributed by atoms with Crippen molar-refractivity contribution in [3.8, 4) is 0 Å². The van der Waals surface area contributed by atoms with Gasteiger partial charge in [-0.05, 0) is 38.3 Å². The Morgan fingerprint density at radius 2 is 1.92 bits per heavy atom. The first-order valence-electron chi connectivity index (χ1n) is 7.89. The van der Waals surface area contributed by atoms with Crippen molar-refractivity contribution >= 4 is 33.7 Å². The summed E-state index contributed by atoms with van der Waals surface area (Å²) in [5.41, 5.74) is 3.23. The summed E-state index contributed by atoms with van der Waals surface area (Å²) in [5.74, 6) is -0.443. The SMILES string of the molecule is C/C(=N/NC(=O)c1nn(C(C)C)c(=O)c2ccccc12)c1cccs1. The fraction of sp³-hybridized carbons (Fsp3) is 0.222. The molecule has 6 nitrogen and oxygen atoms in total. The van der Waals surface area contributed by atoms with Crippen LogP contribution in [0.3, 0.4) is 0 Å². The van der Waals surface area contributed by atoms with E-state index in [9.17, 15) is 9.59 Å². The second kappa shape index (κ2) is 6.98. The van der Waals surface area contributed by atoms with Crippen LogP contribution in [0.5, 0.6) is 0 Å². The van der Waals surface area contributed by atoms with Crippen molar-refractivity contribution in [3.63, 3.8) is 0 Å². The van der Waals surface area contributed by atoms with Crippen LogP contribution in [-0.4, -0.2) is 21.4 Å². The molecule has 25 heavy (non-hydrogen) atoms. The Morgan fingerprint density at radius 3 is 2.56 bits per heavy atom. The van der Waals surface area contributed by atoms with Crippen molar-refractivity contribution in [2.24, 2.45) is 5.10 Å². The van der Waals surface area contributed by atoms with Gasteiger partial charge < -0.3 is 0 Å². The predicted octanol–water partition coefficient (Wildman–Crippen LogP) is 3.19. The number of aromatic nitrogens is 2. The lowest BCUT2D eigenvalue weighted by Gasteiger charge is -2.12. The van der Waals surface area contributed by atoms with Crippen molar-refractivity contribution in [2.75, 3.05) is 0 Å². The molecule has 3 rings (SSSR count). The first-order chi connectivity index (χ1) is 12.0. The van der Waals surface area contributed by atoms with E-state index < -0.39 is 5.91 Å². The summed E-state index contributed by atoms with van der Waals surface area (Å²) >= 11 is 1.55. The molecule has 1 aromatic carbocycles. The smallest absolute Gasteiger partial charge is 0.267 e. The average Bonchev–Trinajstić information content (AvgIpc) is 3.14. The van der Waals surface area contributed by atoms with E-state index in [1.54, 1.807) is 35.6 Å². The van der Waals surface area contributed by atoms with Gasteiger partial charge in [0.05, 0.1) is 17.1 Å². The molecule has 2 heterocycles. The van der Waals surface area contributed by atoms with Crippen LogP contribution in [0.25, 0.3) is 10.8 Å². The molecule has 0 unspecified atom stereocenters. The van der Waals surface area contributed by atoms with Gasteiger partial charge in [0.25, 0.3) is 11.5 Å². The van der Waals surface area contributed by atoms with Gasteiger partial charge in [-0.2, -0.15) is 10.2 Å². The van der Waals surface area contributed by atoms with Crippen LogP contribution in [0, 0.1) is 0 Å². The zero-order chi connectivity index (χ0) is 18.0. The molecule has 0 spiro atoms.